The van der Waals surface area contributed by atoms with E-state index in [2.05, 4.69) is 37.8 Å². The normalized spacial score (nSPS) is 25.5. The molecule has 3 heteroatoms. The fraction of sp³-hybridized carbons (Fsp3) is 0.625. The Labute approximate surface area is 115 Å². The van der Waals surface area contributed by atoms with Gasteiger partial charge in [-0.2, -0.15) is 0 Å². The average Bonchev–Trinajstić information content (AvgIpc) is 2.60. The first-order valence-corrected chi connectivity index (χ1v) is 7.13. The number of anilines is 1. The molecule has 1 saturated heterocycles. The smallest absolute Gasteiger partial charge is 0.0847 e. The minimum atomic E-state index is -0.345. The molecule has 1 fully saturated rings. The molecular weight excluding hydrogens is 238 g/mol. The fourth-order valence-electron chi connectivity index (χ4n) is 3.33. The lowest BCUT2D eigenvalue weighted by Crippen LogP contribution is -2.36. The first kappa shape index (κ1) is 12.9. The highest BCUT2D eigenvalue weighted by atomic mass is 16.5. The van der Waals surface area contributed by atoms with Crippen LogP contribution >= 0.6 is 0 Å². The molecule has 0 amide bonds. The largest absolute Gasteiger partial charge is 0.388 e. The molecule has 1 aliphatic carbocycles. The van der Waals surface area contributed by atoms with Crippen molar-refractivity contribution in [2.45, 2.75) is 33.3 Å². The molecule has 104 valence electrons. The van der Waals surface area contributed by atoms with E-state index in [1.54, 1.807) is 0 Å². The highest BCUT2D eigenvalue weighted by Crippen LogP contribution is 2.46. The molecule has 19 heavy (non-hydrogen) atoms. The summed E-state index contributed by atoms with van der Waals surface area (Å²) in [6.07, 6.45) is 0.621. The minimum absolute atomic E-state index is 0.0432. The van der Waals surface area contributed by atoms with Gasteiger partial charge in [0.15, 0.2) is 0 Å². The monoisotopic (exact) mass is 261 g/mol. The van der Waals surface area contributed by atoms with Crippen LogP contribution in [0.2, 0.25) is 0 Å². The average molecular weight is 261 g/mol. The summed E-state index contributed by atoms with van der Waals surface area (Å²) in [5.41, 5.74) is 4.96. The topological polar surface area (TPSA) is 32.7 Å². The van der Waals surface area contributed by atoms with Gasteiger partial charge in [0.25, 0.3) is 0 Å². The Morgan fingerprint density at radius 1 is 1.26 bits per heavy atom. The summed E-state index contributed by atoms with van der Waals surface area (Å²) in [7, 11) is 0. The zero-order chi connectivity index (χ0) is 13.6. The molecule has 0 spiro atoms. The van der Waals surface area contributed by atoms with Gasteiger partial charge >= 0.3 is 0 Å². The van der Waals surface area contributed by atoms with E-state index < -0.39 is 0 Å². The molecule has 3 nitrogen and oxygen atoms in total. The predicted molar refractivity (Wildman–Crippen MR) is 76.7 cm³/mol. The van der Waals surface area contributed by atoms with Gasteiger partial charge in [-0.25, -0.2) is 0 Å². The maximum Gasteiger partial charge on any atom is 0.0847 e. The number of hydrogen-bond acceptors (Lipinski definition) is 3. The van der Waals surface area contributed by atoms with Crippen molar-refractivity contribution in [3.05, 3.63) is 28.8 Å². The molecule has 0 aromatic heterocycles. The number of aliphatic hydroxyl groups is 1. The van der Waals surface area contributed by atoms with Crippen LogP contribution < -0.4 is 4.90 Å². The maximum atomic E-state index is 10.5. The first-order valence-electron chi connectivity index (χ1n) is 7.13. The number of hydrogen-bond donors (Lipinski definition) is 1. The Hall–Kier alpha value is -1.06. The summed E-state index contributed by atoms with van der Waals surface area (Å²) >= 11 is 0. The molecule has 1 unspecified atom stereocenters. The molecule has 0 saturated carbocycles. The van der Waals surface area contributed by atoms with E-state index in [4.69, 9.17) is 4.74 Å². The van der Waals surface area contributed by atoms with E-state index in [0.29, 0.717) is 0 Å². The SMILES string of the molecule is Cc1cc2c(cc1N1CCOCC1)C(O)C(C)(C)C2. The van der Waals surface area contributed by atoms with E-state index in [-0.39, 0.29) is 11.5 Å². The number of morpholine rings is 1. The van der Waals surface area contributed by atoms with Crippen molar-refractivity contribution in [2.75, 3.05) is 31.2 Å². The molecule has 1 aromatic rings. The van der Waals surface area contributed by atoms with Gasteiger partial charge in [-0.1, -0.05) is 19.9 Å². The summed E-state index contributed by atoms with van der Waals surface area (Å²) in [5.74, 6) is 0. The number of fused-ring (bicyclic) bond motifs is 1. The maximum absolute atomic E-state index is 10.5. The van der Waals surface area contributed by atoms with Crippen molar-refractivity contribution in [3.63, 3.8) is 0 Å². The first-order chi connectivity index (χ1) is 8.99. The second kappa shape index (κ2) is 4.50. The van der Waals surface area contributed by atoms with Crippen molar-refractivity contribution in [1.82, 2.24) is 0 Å². The second-order valence-electron chi connectivity index (χ2n) is 6.50. The predicted octanol–water partition coefficient (Wildman–Crippen LogP) is 2.45. The summed E-state index contributed by atoms with van der Waals surface area (Å²) < 4.78 is 5.42. The Bertz CT molecular complexity index is 490. The molecule has 1 N–H and O–H groups in total. The lowest BCUT2D eigenvalue weighted by atomic mass is 9.87. The molecule has 1 aliphatic heterocycles. The van der Waals surface area contributed by atoms with Crippen molar-refractivity contribution in [1.29, 1.82) is 0 Å². The van der Waals surface area contributed by atoms with E-state index in [1.807, 2.05) is 0 Å². The van der Waals surface area contributed by atoms with Gasteiger partial charge in [0, 0.05) is 18.8 Å². The fourth-order valence-corrected chi connectivity index (χ4v) is 3.33. The zero-order valence-corrected chi connectivity index (χ0v) is 12.1. The van der Waals surface area contributed by atoms with Crippen LogP contribution in [-0.4, -0.2) is 31.4 Å². The standard InChI is InChI=1S/C16H23NO2/c1-11-8-12-10-16(2,3)15(18)13(12)9-14(11)17-4-6-19-7-5-17/h8-9,15,18H,4-7,10H2,1-3H3. The summed E-state index contributed by atoms with van der Waals surface area (Å²) in [6.45, 7) is 9.93. The summed E-state index contributed by atoms with van der Waals surface area (Å²) in [5, 5.41) is 10.5. The van der Waals surface area contributed by atoms with Crippen molar-refractivity contribution >= 4 is 5.69 Å². The Balaban J connectivity index is 1.98. The van der Waals surface area contributed by atoms with E-state index in [9.17, 15) is 5.11 Å². The van der Waals surface area contributed by atoms with Crippen LogP contribution in [0.1, 0.15) is 36.6 Å². The van der Waals surface area contributed by atoms with Crippen LogP contribution in [0.25, 0.3) is 0 Å². The number of nitrogens with zero attached hydrogens (tertiary/aromatic N) is 1. The van der Waals surface area contributed by atoms with Crippen LogP contribution in [0.4, 0.5) is 5.69 Å². The van der Waals surface area contributed by atoms with E-state index in [1.165, 1.54) is 16.8 Å². The van der Waals surface area contributed by atoms with Crippen LogP contribution in [0.5, 0.6) is 0 Å². The third-order valence-electron chi connectivity index (χ3n) is 4.49. The molecular formula is C16H23NO2. The van der Waals surface area contributed by atoms with Gasteiger partial charge in [-0.05, 0) is 41.5 Å². The second-order valence-corrected chi connectivity index (χ2v) is 6.50. The molecule has 1 heterocycles. The quantitative estimate of drug-likeness (QED) is 0.843. The molecule has 1 aromatic carbocycles. The van der Waals surface area contributed by atoms with Crippen molar-refractivity contribution < 1.29 is 9.84 Å². The molecule has 3 rings (SSSR count). The van der Waals surface area contributed by atoms with Gasteiger partial charge in [-0.15, -0.1) is 0 Å². The van der Waals surface area contributed by atoms with Crippen LogP contribution in [0.15, 0.2) is 12.1 Å². The number of benzene rings is 1. The Morgan fingerprint density at radius 3 is 2.63 bits per heavy atom. The van der Waals surface area contributed by atoms with Gasteiger partial charge in [0.1, 0.15) is 0 Å². The number of aliphatic hydroxyl groups excluding tert-OH is 1. The Kier molecular flexibility index (Phi) is 3.06. The Morgan fingerprint density at radius 2 is 1.95 bits per heavy atom. The number of ether oxygens (including phenoxy) is 1. The third kappa shape index (κ3) is 2.15. The number of aryl methyl sites for hydroxylation is 1. The third-order valence-corrected chi connectivity index (χ3v) is 4.49. The van der Waals surface area contributed by atoms with Crippen molar-refractivity contribution in [2.24, 2.45) is 5.41 Å². The summed E-state index contributed by atoms with van der Waals surface area (Å²) in [6, 6.07) is 4.47. The lowest BCUT2D eigenvalue weighted by molar-refractivity contribution is 0.0666. The van der Waals surface area contributed by atoms with Gasteiger partial charge in [0.05, 0.1) is 19.3 Å². The van der Waals surface area contributed by atoms with Gasteiger partial charge < -0.3 is 14.7 Å². The van der Waals surface area contributed by atoms with Crippen LogP contribution in [0.3, 0.4) is 0 Å². The van der Waals surface area contributed by atoms with E-state index in [0.717, 1.165) is 38.3 Å². The highest BCUT2D eigenvalue weighted by molar-refractivity contribution is 5.59. The van der Waals surface area contributed by atoms with E-state index >= 15 is 0 Å². The molecule has 0 bridgehead atoms. The minimum Gasteiger partial charge on any atom is -0.388 e. The molecule has 1 atom stereocenters. The molecule has 0 radical (unpaired) electrons. The van der Waals surface area contributed by atoms with Gasteiger partial charge in [0.2, 0.25) is 0 Å². The van der Waals surface area contributed by atoms with Crippen LogP contribution in [0, 0.1) is 12.3 Å². The summed E-state index contributed by atoms with van der Waals surface area (Å²) in [4.78, 5) is 2.37. The molecule has 2 aliphatic rings. The highest BCUT2D eigenvalue weighted by Gasteiger charge is 2.38. The zero-order valence-electron chi connectivity index (χ0n) is 12.1. The lowest BCUT2D eigenvalue weighted by Gasteiger charge is -2.31. The van der Waals surface area contributed by atoms with Crippen molar-refractivity contribution in [3.8, 4) is 0 Å². The number of rotatable bonds is 1. The van der Waals surface area contributed by atoms with Crippen LogP contribution in [-0.2, 0) is 11.2 Å². The van der Waals surface area contributed by atoms with Gasteiger partial charge in [-0.3, -0.25) is 0 Å².